The van der Waals surface area contributed by atoms with Gasteiger partial charge in [0.05, 0.1) is 49.1 Å². The van der Waals surface area contributed by atoms with Crippen molar-refractivity contribution in [2.45, 2.75) is 134 Å². The molecule has 0 aromatic heterocycles. The number of carbonyl (C=O) groups excluding carboxylic acids is 8. The number of Topliss-reactive ketones (excluding diaryl/α,β-unsaturated/α-hetero) is 2. The smallest absolute Gasteiger partial charge is 0.378 e. The van der Waals surface area contributed by atoms with Crippen LogP contribution in [-0.4, -0.2) is 155 Å². The van der Waals surface area contributed by atoms with Crippen LogP contribution < -0.4 is 26.2 Å². The Morgan fingerprint density at radius 3 is 2.16 bits per heavy atom. The van der Waals surface area contributed by atoms with Gasteiger partial charge in [-0.3, -0.25) is 47.8 Å². The predicted molar refractivity (Wildman–Crippen MR) is 303 cm³/mol. The van der Waals surface area contributed by atoms with Gasteiger partial charge in [-0.1, -0.05) is 63.6 Å². The lowest BCUT2D eigenvalue weighted by Crippen LogP contribution is -2.50. The van der Waals surface area contributed by atoms with Gasteiger partial charge in [-0.05, 0) is 76.5 Å². The van der Waals surface area contributed by atoms with Crippen LogP contribution in [0.2, 0.25) is 0 Å². The summed E-state index contributed by atoms with van der Waals surface area (Å²) < 4.78 is 23.6. The highest BCUT2D eigenvalue weighted by Crippen LogP contribution is 2.49. The summed E-state index contributed by atoms with van der Waals surface area (Å²) in [5, 5.41) is 10.8. The third-order valence-corrected chi connectivity index (χ3v) is 16.3. The number of hydrogen-bond donors (Lipinski definition) is 6. The fourth-order valence-corrected chi connectivity index (χ4v) is 11.7. The molecule has 0 radical (unpaired) electrons. The van der Waals surface area contributed by atoms with Gasteiger partial charge < -0.3 is 45.6 Å². The minimum atomic E-state index is -5.00. The van der Waals surface area contributed by atoms with Crippen LogP contribution in [0.5, 0.6) is 0 Å². The van der Waals surface area contributed by atoms with E-state index in [0.717, 1.165) is 44.5 Å². The number of para-hydroxylation sites is 2. The number of phosphoric acid groups is 1. The number of ether oxygens (including phenoxy) is 1. The number of hydrogen-bond acceptors (Lipinski definition) is 13. The van der Waals surface area contributed by atoms with Crippen LogP contribution in [0.4, 0.5) is 11.4 Å². The molecule has 6 N–H and O–H groups in total. The first kappa shape index (κ1) is 61.7. The quantitative estimate of drug-likeness (QED) is 0.0214. The molecule has 0 spiro atoms. The summed E-state index contributed by atoms with van der Waals surface area (Å²) in [4.78, 5) is 128. The first-order valence-electron chi connectivity index (χ1n) is 28.0. The summed E-state index contributed by atoms with van der Waals surface area (Å²) in [5.41, 5.74) is 7.39. The highest BCUT2D eigenvalue weighted by molar-refractivity contribution is 7.46. The van der Waals surface area contributed by atoms with Gasteiger partial charge in [-0.25, -0.2) is 4.57 Å². The summed E-state index contributed by atoms with van der Waals surface area (Å²) in [6.45, 7) is 10.9. The number of likely N-dealkylation sites (tertiary alicyclic amines) is 1. The Kier molecular flexibility index (Phi) is 20.4. The van der Waals surface area contributed by atoms with Gasteiger partial charge in [0.1, 0.15) is 19.1 Å². The molecular weight excluding hydrogens is 1060 g/mol. The highest BCUT2D eigenvalue weighted by atomic mass is 31.2. The number of fused-ring (bicyclic) bond motifs is 2. The first-order chi connectivity index (χ1) is 38.5. The van der Waals surface area contributed by atoms with Crippen LogP contribution in [0.15, 0.2) is 95.4 Å². The van der Waals surface area contributed by atoms with Gasteiger partial charge in [0.2, 0.25) is 29.3 Å². The average molecular weight is 1140 g/mol. The SMILES string of the molecule is CC[C@H](NC(=O)[C@H]1CCCN1C1=C(C=C2N(C)c3ccccc3C2(C)C)C(=O)C1=CC1=[N+](C)c2ccccc2C1(C)C)C(=O)CCCCCC(=O)NC(COP(=O)(O)O)C(=O)NCCCCC(=O)NCCOCCN1C(=O)C=CC1=O. The van der Waals surface area contributed by atoms with Crippen molar-refractivity contribution in [1.29, 1.82) is 0 Å². The molecule has 6 amide bonds. The van der Waals surface area contributed by atoms with E-state index in [1.54, 1.807) is 0 Å². The maximum absolute atomic E-state index is 14.6. The molecule has 4 heterocycles. The van der Waals surface area contributed by atoms with Crippen molar-refractivity contribution in [2.75, 3.05) is 65.0 Å². The van der Waals surface area contributed by atoms with Crippen molar-refractivity contribution in [1.82, 2.24) is 31.1 Å². The molecule has 2 aromatic carbocycles. The molecule has 3 atom stereocenters. The van der Waals surface area contributed by atoms with Crippen LogP contribution in [-0.2, 0) is 63.0 Å². The molecule has 1 aliphatic carbocycles. The Bertz CT molecular complexity index is 2990. The molecule has 436 valence electrons. The second-order valence-corrected chi connectivity index (χ2v) is 23.3. The number of benzene rings is 2. The Balaban J connectivity index is 0.891. The summed E-state index contributed by atoms with van der Waals surface area (Å²) in [5.74, 6) is -2.92. The highest BCUT2D eigenvalue weighted by Gasteiger charge is 2.49. The van der Waals surface area contributed by atoms with Crippen LogP contribution >= 0.6 is 7.82 Å². The lowest BCUT2D eigenvalue weighted by molar-refractivity contribution is -0.401. The number of imide groups is 1. The van der Waals surface area contributed by atoms with Crippen molar-refractivity contribution >= 4 is 71.9 Å². The molecule has 0 saturated carbocycles. The molecule has 5 aliphatic rings. The van der Waals surface area contributed by atoms with Crippen LogP contribution in [0.3, 0.4) is 0 Å². The van der Waals surface area contributed by atoms with E-state index in [9.17, 15) is 52.7 Å². The Morgan fingerprint density at radius 1 is 0.802 bits per heavy atom. The van der Waals surface area contributed by atoms with Crippen molar-refractivity contribution < 1.29 is 66.5 Å². The molecule has 2 aromatic rings. The van der Waals surface area contributed by atoms with Crippen molar-refractivity contribution in [2.24, 2.45) is 0 Å². The lowest BCUT2D eigenvalue weighted by Gasteiger charge is -2.37. The van der Waals surface area contributed by atoms with Crippen molar-refractivity contribution in [3.05, 3.63) is 107 Å². The Labute approximate surface area is 473 Å². The Morgan fingerprint density at radius 2 is 1.47 bits per heavy atom. The third-order valence-electron chi connectivity index (χ3n) is 15.8. The zero-order chi connectivity index (χ0) is 58.8. The molecule has 4 aliphatic heterocycles. The van der Waals surface area contributed by atoms with E-state index >= 15 is 0 Å². The van der Waals surface area contributed by atoms with E-state index in [4.69, 9.17) is 4.74 Å². The largest absolute Gasteiger partial charge is 0.469 e. The van der Waals surface area contributed by atoms with Crippen molar-refractivity contribution in [3.8, 4) is 0 Å². The van der Waals surface area contributed by atoms with Gasteiger partial charge in [0.15, 0.2) is 17.3 Å². The number of anilines is 1. The maximum Gasteiger partial charge on any atom is 0.469 e. The van der Waals surface area contributed by atoms with E-state index in [2.05, 4.69) is 92.1 Å². The molecular formula is C59H78N8O13P+. The standard InChI is InChI=1S/C59H77N8O13P/c1-8-42(47(68)24-10-9-11-26-51(70)62-43(37-80-81(76,77)78)56(74)61-29-17-16-25-50(69)60-30-33-79-34-32-67-52(71)27-28-53(67)72)63-57(75)46-23-18-31-66(46)54-38(35-48-58(2,3)40-19-12-14-21-44(40)64(48)6)55(73)39(54)36-49-59(4,5)41-20-13-15-22-45(41)65(49)7/h12-15,19-22,27-28,35-36,42-43,46H,8-11,16-18,23-26,29-34,37H2,1-7H3,(H5-,60,61,62,63,69,70,74,75,76,77,78)/p+1/t42-,43?,46+/m0/s1. The number of unbranched alkanes of at least 4 members (excludes halogenated alkanes) is 3. The van der Waals surface area contributed by atoms with Crippen LogP contribution in [0.25, 0.3) is 0 Å². The summed E-state index contributed by atoms with van der Waals surface area (Å²) in [6.07, 6.45) is 10.2. The topological polar surface area (TPSA) is 273 Å². The Hall–Kier alpha value is -6.90. The fraction of sp³-hybridized carbons (Fsp3) is 0.508. The zero-order valence-electron chi connectivity index (χ0n) is 47.5. The molecule has 1 saturated heterocycles. The third kappa shape index (κ3) is 14.6. The summed E-state index contributed by atoms with van der Waals surface area (Å²) >= 11 is 0. The number of rotatable bonds is 29. The minimum absolute atomic E-state index is 0.0527. The second-order valence-electron chi connectivity index (χ2n) is 22.1. The molecule has 81 heavy (non-hydrogen) atoms. The second kappa shape index (κ2) is 26.8. The monoisotopic (exact) mass is 1140 g/mol. The van der Waals surface area contributed by atoms with E-state index in [0.29, 0.717) is 69.1 Å². The average Bonchev–Trinajstić information content (AvgIpc) is 2.48. The molecule has 1 unspecified atom stereocenters. The summed E-state index contributed by atoms with van der Waals surface area (Å²) in [7, 11) is -0.969. The minimum Gasteiger partial charge on any atom is -0.378 e. The number of phosphoric ester groups is 1. The molecule has 1 fully saturated rings. The van der Waals surface area contributed by atoms with E-state index < -0.39 is 67.0 Å². The van der Waals surface area contributed by atoms with E-state index in [1.165, 1.54) is 12.2 Å². The fourth-order valence-electron chi connectivity index (χ4n) is 11.4. The number of allylic oxidation sites excluding steroid dienone is 5. The van der Waals surface area contributed by atoms with E-state index in [-0.39, 0.29) is 75.5 Å². The maximum atomic E-state index is 14.6. The number of ketones is 2. The van der Waals surface area contributed by atoms with Crippen LogP contribution in [0.1, 0.15) is 116 Å². The lowest BCUT2D eigenvalue weighted by atomic mass is 9.76. The molecule has 7 rings (SSSR count). The summed E-state index contributed by atoms with van der Waals surface area (Å²) in [6, 6.07) is 13.6. The number of nitrogens with one attached hydrogen (secondary N) is 4. The normalized spacial score (nSPS) is 19.8. The molecule has 0 bridgehead atoms. The molecule has 21 nitrogen and oxygen atoms in total. The van der Waals surface area contributed by atoms with Gasteiger partial charge in [0.25, 0.3) is 11.8 Å². The first-order valence-corrected chi connectivity index (χ1v) is 29.5. The van der Waals surface area contributed by atoms with Gasteiger partial charge >= 0.3 is 7.82 Å². The van der Waals surface area contributed by atoms with Gasteiger partial charge in [-0.2, -0.15) is 4.58 Å². The zero-order valence-corrected chi connectivity index (χ0v) is 48.4. The number of nitrogens with zero attached hydrogens (tertiary/aromatic N) is 4. The van der Waals surface area contributed by atoms with Crippen molar-refractivity contribution in [3.63, 3.8) is 0 Å². The molecule has 22 heteroatoms. The van der Waals surface area contributed by atoms with Crippen LogP contribution in [0, 0.1) is 0 Å². The van der Waals surface area contributed by atoms with Gasteiger partial charge in [0, 0.05) is 98.2 Å². The predicted octanol–water partition coefficient (Wildman–Crippen LogP) is 4.58. The van der Waals surface area contributed by atoms with E-state index in [1.807, 2.05) is 57.4 Å². The van der Waals surface area contributed by atoms with Gasteiger partial charge in [-0.15, -0.1) is 0 Å². The number of carbonyl (C=O) groups is 8. The number of likely N-dealkylation sites (N-methyl/N-ethyl adjacent to an activating group) is 1. The number of amides is 6.